The summed E-state index contributed by atoms with van der Waals surface area (Å²) in [6.07, 6.45) is 5.59. The highest BCUT2D eigenvalue weighted by molar-refractivity contribution is 9.10. The van der Waals surface area contributed by atoms with Crippen LogP contribution in [0.15, 0.2) is 22.7 Å². The Bertz CT molecular complexity index is 374. The maximum atomic E-state index is 5.98. The summed E-state index contributed by atoms with van der Waals surface area (Å²) in [5.74, 6) is 0.866. The highest BCUT2D eigenvalue weighted by atomic mass is 79.9. The van der Waals surface area contributed by atoms with Gasteiger partial charge in [-0.2, -0.15) is 0 Å². The molecule has 1 aliphatic rings. The lowest BCUT2D eigenvalue weighted by molar-refractivity contribution is 0.380. The number of benzene rings is 1. The van der Waals surface area contributed by atoms with E-state index in [1.54, 1.807) is 0 Å². The number of nitrogens with one attached hydrogen (secondary N) is 1. The zero-order valence-corrected chi connectivity index (χ0v) is 12.5. The fourth-order valence-electron chi connectivity index (χ4n) is 2.55. The molecule has 1 aliphatic carbocycles. The summed E-state index contributed by atoms with van der Waals surface area (Å²) in [6, 6.07) is 6.74. The average Bonchev–Trinajstić information content (AvgIpc) is 2.84. The summed E-state index contributed by atoms with van der Waals surface area (Å²) in [6.45, 7) is 3.23. The van der Waals surface area contributed by atoms with E-state index in [4.69, 9.17) is 11.6 Å². The SMILES string of the molecule is C[C@H](NCc1ccc(Cl)c(Br)c1)C1CCCC1. The molecular formula is C14H19BrClN. The molecule has 17 heavy (non-hydrogen) atoms. The van der Waals surface area contributed by atoms with Crippen LogP contribution in [0, 0.1) is 5.92 Å². The lowest BCUT2D eigenvalue weighted by atomic mass is 9.99. The van der Waals surface area contributed by atoms with E-state index in [1.807, 2.05) is 6.07 Å². The van der Waals surface area contributed by atoms with Gasteiger partial charge in [0.05, 0.1) is 5.02 Å². The molecule has 1 atom stereocenters. The number of hydrogen-bond acceptors (Lipinski definition) is 1. The van der Waals surface area contributed by atoms with Crippen molar-refractivity contribution in [2.75, 3.05) is 0 Å². The fourth-order valence-corrected chi connectivity index (χ4v) is 3.10. The van der Waals surface area contributed by atoms with Gasteiger partial charge in [-0.15, -0.1) is 0 Å². The smallest absolute Gasteiger partial charge is 0.0548 e. The largest absolute Gasteiger partial charge is 0.310 e. The van der Waals surface area contributed by atoms with E-state index in [0.29, 0.717) is 6.04 Å². The first-order valence-corrected chi connectivity index (χ1v) is 7.51. The Morgan fingerprint density at radius 3 is 2.76 bits per heavy atom. The molecule has 0 heterocycles. The molecular weight excluding hydrogens is 298 g/mol. The van der Waals surface area contributed by atoms with Gasteiger partial charge in [0.25, 0.3) is 0 Å². The molecule has 0 unspecified atom stereocenters. The Morgan fingerprint density at radius 1 is 1.41 bits per heavy atom. The van der Waals surface area contributed by atoms with Crippen LogP contribution in [0.2, 0.25) is 5.02 Å². The van der Waals surface area contributed by atoms with Crippen LogP contribution >= 0.6 is 27.5 Å². The second-order valence-electron chi connectivity index (χ2n) is 4.96. The molecule has 1 aromatic rings. The molecule has 1 nitrogen and oxygen atoms in total. The molecule has 1 saturated carbocycles. The Balaban J connectivity index is 1.86. The summed E-state index contributed by atoms with van der Waals surface area (Å²) in [4.78, 5) is 0. The van der Waals surface area contributed by atoms with E-state index in [0.717, 1.165) is 22.0 Å². The van der Waals surface area contributed by atoms with E-state index >= 15 is 0 Å². The minimum atomic E-state index is 0.618. The maximum absolute atomic E-state index is 5.98. The standard InChI is InChI=1S/C14H19BrClN/c1-10(12-4-2-3-5-12)17-9-11-6-7-14(16)13(15)8-11/h6-8,10,12,17H,2-5,9H2,1H3/t10-/m0/s1. The molecule has 2 rings (SSSR count). The van der Waals surface area contributed by atoms with Gasteiger partial charge < -0.3 is 5.32 Å². The third-order valence-electron chi connectivity index (χ3n) is 3.72. The van der Waals surface area contributed by atoms with Crippen molar-refractivity contribution in [3.05, 3.63) is 33.3 Å². The van der Waals surface area contributed by atoms with E-state index in [1.165, 1.54) is 31.2 Å². The molecule has 3 heteroatoms. The molecule has 94 valence electrons. The minimum Gasteiger partial charge on any atom is -0.310 e. The monoisotopic (exact) mass is 315 g/mol. The van der Waals surface area contributed by atoms with Crippen LogP contribution in [0.5, 0.6) is 0 Å². The van der Waals surface area contributed by atoms with Crippen molar-refractivity contribution in [2.24, 2.45) is 5.92 Å². The van der Waals surface area contributed by atoms with Gasteiger partial charge in [0.2, 0.25) is 0 Å². The lowest BCUT2D eigenvalue weighted by Crippen LogP contribution is -2.31. The van der Waals surface area contributed by atoms with Crippen molar-refractivity contribution >= 4 is 27.5 Å². The molecule has 1 aromatic carbocycles. The highest BCUT2D eigenvalue weighted by Gasteiger charge is 2.20. The van der Waals surface area contributed by atoms with Crippen molar-refractivity contribution < 1.29 is 0 Å². The Kier molecular flexibility index (Phi) is 4.89. The van der Waals surface area contributed by atoms with E-state index < -0.39 is 0 Å². The lowest BCUT2D eigenvalue weighted by Gasteiger charge is -2.20. The number of rotatable bonds is 4. The predicted molar refractivity (Wildman–Crippen MR) is 77.4 cm³/mol. The van der Waals surface area contributed by atoms with Gasteiger partial charge in [-0.25, -0.2) is 0 Å². The normalized spacial score (nSPS) is 18.5. The number of hydrogen-bond donors (Lipinski definition) is 1. The summed E-state index contributed by atoms with van der Waals surface area (Å²) >= 11 is 9.44. The first-order chi connectivity index (χ1) is 8.16. The third-order valence-corrected chi connectivity index (χ3v) is 4.93. The summed E-state index contributed by atoms with van der Waals surface area (Å²) in [7, 11) is 0. The number of halogens is 2. The van der Waals surface area contributed by atoms with Gasteiger partial charge >= 0.3 is 0 Å². The quantitative estimate of drug-likeness (QED) is 0.843. The zero-order chi connectivity index (χ0) is 12.3. The highest BCUT2D eigenvalue weighted by Crippen LogP contribution is 2.28. The first-order valence-electron chi connectivity index (χ1n) is 6.34. The molecule has 0 amide bonds. The van der Waals surface area contributed by atoms with Crippen LogP contribution in [0.4, 0.5) is 0 Å². The van der Waals surface area contributed by atoms with Crippen LogP contribution < -0.4 is 5.32 Å². The van der Waals surface area contributed by atoms with Gasteiger partial charge in [0.1, 0.15) is 0 Å². The molecule has 0 aromatic heterocycles. The minimum absolute atomic E-state index is 0.618. The van der Waals surface area contributed by atoms with Crippen molar-refractivity contribution in [1.82, 2.24) is 5.32 Å². The molecule has 1 fully saturated rings. The molecule has 1 N–H and O–H groups in total. The summed E-state index contributed by atoms with van der Waals surface area (Å²) < 4.78 is 0.979. The van der Waals surface area contributed by atoms with E-state index in [-0.39, 0.29) is 0 Å². The van der Waals surface area contributed by atoms with Crippen LogP contribution in [-0.2, 0) is 6.54 Å². The van der Waals surface area contributed by atoms with Gasteiger partial charge in [0.15, 0.2) is 0 Å². The molecule has 0 aliphatic heterocycles. The maximum Gasteiger partial charge on any atom is 0.0548 e. The third kappa shape index (κ3) is 3.70. The van der Waals surface area contributed by atoms with E-state index in [9.17, 15) is 0 Å². The van der Waals surface area contributed by atoms with Crippen molar-refractivity contribution in [3.8, 4) is 0 Å². The van der Waals surface area contributed by atoms with Crippen LogP contribution in [0.25, 0.3) is 0 Å². The molecule has 0 bridgehead atoms. The fraction of sp³-hybridized carbons (Fsp3) is 0.571. The van der Waals surface area contributed by atoms with Crippen LogP contribution in [-0.4, -0.2) is 6.04 Å². The Hall–Kier alpha value is -0.0500. The zero-order valence-electron chi connectivity index (χ0n) is 10.2. The summed E-state index contributed by atoms with van der Waals surface area (Å²) in [5, 5.41) is 4.40. The van der Waals surface area contributed by atoms with Gasteiger partial charge in [-0.1, -0.05) is 30.5 Å². The first kappa shape index (κ1) is 13.4. The second kappa shape index (κ2) is 6.21. The van der Waals surface area contributed by atoms with Crippen LogP contribution in [0.1, 0.15) is 38.2 Å². The summed E-state index contributed by atoms with van der Waals surface area (Å²) in [5.41, 5.74) is 1.28. The predicted octanol–water partition coefficient (Wildman–Crippen LogP) is 4.77. The van der Waals surface area contributed by atoms with Gasteiger partial charge in [-0.3, -0.25) is 0 Å². The molecule has 0 radical (unpaired) electrons. The van der Waals surface area contributed by atoms with Crippen LogP contribution in [0.3, 0.4) is 0 Å². The topological polar surface area (TPSA) is 12.0 Å². The average molecular weight is 317 g/mol. The molecule has 0 saturated heterocycles. The second-order valence-corrected chi connectivity index (χ2v) is 6.22. The van der Waals surface area contributed by atoms with Crippen molar-refractivity contribution in [3.63, 3.8) is 0 Å². The Morgan fingerprint density at radius 2 is 2.12 bits per heavy atom. The van der Waals surface area contributed by atoms with E-state index in [2.05, 4.69) is 40.3 Å². The van der Waals surface area contributed by atoms with Gasteiger partial charge in [-0.05, 0) is 59.3 Å². The van der Waals surface area contributed by atoms with Gasteiger partial charge in [0, 0.05) is 17.1 Å². The Labute approximate surface area is 117 Å². The van der Waals surface area contributed by atoms with Crippen molar-refractivity contribution in [1.29, 1.82) is 0 Å². The van der Waals surface area contributed by atoms with Crippen molar-refractivity contribution in [2.45, 2.75) is 45.2 Å². The molecule has 0 spiro atoms.